The van der Waals surface area contributed by atoms with Gasteiger partial charge in [-0.3, -0.25) is 9.59 Å². The molecule has 0 aromatic rings. The maximum absolute atomic E-state index is 12.1. The summed E-state index contributed by atoms with van der Waals surface area (Å²) in [5, 5.41) is 0. The van der Waals surface area contributed by atoms with Crippen LogP contribution in [0, 0.1) is 40.4 Å². The number of hydrogen-bond acceptors (Lipinski definition) is 3. The van der Waals surface area contributed by atoms with E-state index >= 15 is 0 Å². The largest absolute Gasteiger partial charge is 0.462 e. The second kappa shape index (κ2) is 6.21. The third kappa shape index (κ3) is 2.52. The van der Waals surface area contributed by atoms with Crippen LogP contribution in [-0.4, -0.2) is 17.9 Å². The van der Waals surface area contributed by atoms with Crippen LogP contribution in [0.5, 0.6) is 0 Å². The molecule has 3 heteroatoms. The van der Waals surface area contributed by atoms with E-state index < -0.39 is 0 Å². The summed E-state index contributed by atoms with van der Waals surface area (Å²) in [5.74, 6) is 2.87. The molecule has 0 aliphatic heterocycles. The Morgan fingerprint density at radius 3 is 2.58 bits per heavy atom. The first-order valence-corrected chi connectivity index (χ1v) is 10.6. The lowest BCUT2D eigenvalue weighted by molar-refractivity contribution is -0.187. The second-order valence-corrected chi connectivity index (χ2v) is 10.1. The first-order valence-electron chi connectivity index (χ1n) is 10.6. The van der Waals surface area contributed by atoms with Crippen molar-refractivity contribution in [2.75, 3.05) is 0 Å². The molecule has 4 aliphatic carbocycles. The van der Waals surface area contributed by atoms with Crippen LogP contribution in [0.3, 0.4) is 0 Å². The monoisotopic (exact) mass is 358 g/mol. The number of hydrogen-bond donors (Lipinski definition) is 0. The summed E-state index contributed by atoms with van der Waals surface area (Å²) in [4.78, 5) is 24.0. The van der Waals surface area contributed by atoms with Crippen LogP contribution in [-0.2, 0) is 14.3 Å². The van der Waals surface area contributed by atoms with E-state index in [1.54, 1.807) is 0 Å². The third-order valence-electron chi connectivity index (χ3n) is 9.15. The van der Waals surface area contributed by atoms with Crippen LogP contribution in [0.15, 0.2) is 12.7 Å². The van der Waals surface area contributed by atoms with Gasteiger partial charge in [0.2, 0.25) is 0 Å². The number of Topliss-reactive ketones (excluding diaryl/α,β-unsaturated/α-hetero) is 1. The average molecular weight is 359 g/mol. The highest BCUT2D eigenvalue weighted by atomic mass is 16.5. The fourth-order valence-corrected chi connectivity index (χ4v) is 7.75. The van der Waals surface area contributed by atoms with Crippen LogP contribution in [0.2, 0.25) is 0 Å². The Morgan fingerprint density at radius 2 is 1.88 bits per heavy atom. The molecule has 0 heterocycles. The van der Waals surface area contributed by atoms with Crippen molar-refractivity contribution in [3.05, 3.63) is 12.7 Å². The average Bonchev–Trinajstić information content (AvgIpc) is 2.92. The van der Waals surface area contributed by atoms with Crippen molar-refractivity contribution in [3.63, 3.8) is 0 Å². The van der Waals surface area contributed by atoms with Gasteiger partial charge in [-0.1, -0.05) is 19.9 Å². The van der Waals surface area contributed by atoms with Gasteiger partial charge in [-0.05, 0) is 73.0 Å². The quantitative estimate of drug-likeness (QED) is 0.518. The molecule has 0 aromatic heterocycles. The number of esters is 1. The van der Waals surface area contributed by atoms with Gasteiger partial charge in [0.1, 0.15) is 11.9 Å². The SMILES string of the molecule is C=CC1CCC2C3C(OC(C)=O)CC4CC(=O)CCC4(C)C3CCC12C. The van der Waals surface area contributed by atoms with E-state index in [0.29, 0.717) is 47.2 Å². The van der Waals surface area contributed by atoms with Gasteiger partial charge in [0.05, 0.1) is 0 Å². The molecule has 0 saturated heterocycles. The lowest BCUT2D eigenvalue weighted by atomic mass is 9.44. The normalized spacial score (nSPS) is 50.3. The van der Waals surface area contributed by atoms with Gasteiger partial charge < -0.3 is 4.74 Å². The maximum Gasteiger partial charge on any atom is 0.302 e. The summed E-state index contributed by atoms with van der Waals surface area (Å²) in [6.07, 6.45) is 10.4. The Morgan fingerprint density at radius 1 is 1.15 bits per heavy atom. The molecule has 4 fully saturated rings. The van der Waals surface area contributed by atoms with E-state index in [1.807, 2.05) is 0 Å². The second-order valence-electron chi connectivity index (χ2n) is 10.1. The zero-order chi connectivity index (χ0) is 18.7. The van der Waals surface area contributed by atoms with Gasteiger partial charge in [0.15, 0.2) is 0 Å². The Balaban J connectivity index is 1.72. The molecule has 0 bridgehead atoms. The van der Waals surface area contributed by atoms with Crippen molar-refractivity contribution in [1.29, 1.82) is 0 Å². The van der Waals surface area contributed by atoms with E-state index in [4.69, 9.17) is 4.74 Å². The van der Waals surface area contributed by atoms with Crippen molar-refractivity contribution in [2.45, 2.75) is 78.2 Å². The third-order valence-corrected chi connectivity index (χ3v) is 9.15. The molecular weight excluding hydrogens is 324 g/mol. The molecule has 144 valence electrons. The Labute approximate surface area is 157 Å². The Bertz CT molecular complexity index is 625. The van der Waals surface area contributed by atoms with Crippen molar-refractivity contribution in [1.82, 2.24) is 0 Å². The molecule has 3 nitrogen and oxygen atoms in total. The van der Waals surface area contributed by atoms with Crippen LogP contribution in [0.25, 0.3) is 0 Å². The fraction of sp³-hybridized carbons (Fsp3) is 0.826. The molecule has 4 saturated carbocycles. The first-order chi connectivity index (χ1) is 12.3. The molecule has 8 unspecified atom stereocenters. The summed E-state index contributed by atoms with van der Waals surface area (Å²) >= 11 is 0. The molecule has 8 atom stereocenters. The molecule has 4 aliphatic rings. The van der Waals surface area contributed by atoms with Gasteiger partial charge in [-0.15, -0.1) is 6.58 Å². The number of carbonyl (C=O) groups excluding carboxylic acids is 2. The predicted molar refractivity (Wildman–Crippen MR) is 101 cm³/mol. The number of fused-ring (bicyclic) bond motifs is 5. The summed E-state index contributed by atoms with van der Waals surface area (Å²) in [6, 6.07) is 0. The van der Waals surface area contributed by atoms with Crippen LogP contribution < -0.4 is 0 Å². The maximum atomic E-state index is 12.1. The lowest BCUT2D eigenvalue weighted by Crippen LogP contribution is -2.58. The van der Waals surface area contributed by atoms with E-state index in [-0.39, 0.29) is 17.5 Å². The highest BCUT2D eigenvalue weighted by molar-refractivity contribution is 5.79. The minimum absolute atomic E-state index is 0.00494. The number of ketones is 1. The summed E-state index contributed by atoms with van der Waals surface area (Å²) in [5.41, 5.74) is 0.540. The Kier molecular flexibility index (Phi) is 4.36. The van der Waals surface area contributed by atoms with E-state index in [0.717, 1.165) is 19.3 Å². The van der Waals surface area contributed by atoms with E-state index in [1.165, 1.54) is 32.6 Å². The zero-order valence-corrected chi connectivity index (χ0v) is 16.6. The van der Waals surface area contributed by atoms with Gasteiger partial charge in [0.25, 0.3) is 0 Å². The van der Waals surface area contributed by atoms with Gasteiger partial charge in [0, 0.05) is 25.7 Å². The van der Waals surface area contributed by atoms with Crippen LogP contribution >= 0.6 is 0 Å². The summed E-state index contributed by atoms with van der Waals surface area (Å²) < 4.78 is 5.94. The summed E-state index contributed by atoms with van der Waals surface area (Å²) in [6.45, 7) is 10.5. The van der Waals surface area contributed by atoms with Gasteiger partial charge in [-0.2, -0.15) is 0 Å². The highest BCUT2D eigenvalue weighted by Gasteiger charge is 2.63. The van der Waals surface area contributed by atoms with E-state index in [9.17, 15) is 9.59 Å². The number of allylic oxidation sites excluding steroid dienone is 1. The molecule has 0 N–H and O–H groups in total. The molecule has 0 amide bonds. The molecule has 0 aromatic carbocycles. The minimum atomic E-state index is -0.162. The summed E-state index contributed by atoms with van der Waals surface area (Å²) in [7, 11) is 0. The van der Waals surface area contributed by atoms with Crippen molar-refractivity contribution >= 4 is 11.8 Å². The van der Waals surface area contributed by atoms with Crippen LogP contribution in [0.1, 0.15) is 72.1 Å². The minimum Gasteiger partial charge on any atom is -0.462 e. The van der Waals surface area contributed by atoms with Gasteiger partial charge >= 0.3 is 5.97 Å². The molecule has 26 heavy (non-hydrogen) atoms. The number of ether oxygens (including phenoxy) is 1. The van der Waals surface area contributed by atoms with Crippen molar-refractivity contribution < 1.29 is 14.3 Å². The van der Waals surface area contributed by atoms with Gasteiger partial charge in [-0.25, -0.2) is 0 Å². The predicted octanol–water partition coefficient (Wildman–Crippen LogP) is 4.94. The van der Waals surface area contributed by atoms with Crippen molar-refractivity contribution in [2.24, 2.45) is 40.4 Å². The van der Waals surface area contributed by atoms with Crippen molar-refractivity contribution in [3.8, 4) is 0 Å². The number of rotatable bonds is 2. The molecule has 0 radical (unpaired) electrons. The highest BCUT2D eigenvalue weighted by Crippen LogP contribution is 2.67. The fourth-order valence-electron chi connectivity index (χ4n) is 7.75. The standard InChI is InChI=1S/C23H34O3/c1-5-15-6-7-18-21-19(9-11-22(15,18)3)23(4)10-8-17(25)12-16(23)13-20(21)26-14(2)24/h5,15-16,18-21H,1,6-13H2,2-4H3. The zero-order valence-electron chi connectivity index (χ0n) is 16.6. The molecule has 4 rings (SSSR count). The molecular formula is C23H34O3. The van der Waals surface area contributed by atoms with Crippen LogP contribution in [0.4, 0.5) is 0 Å². The lowest BCUT2D eigenvalue weighted by Gasteiger charge is -2.61. The number of carbonyl (C=O) groups is 2. The van der Waals surface area contributed by atoms with E-state index in [2.05, 4.69) is 26.5 Å². The molecule has 0 spiro atoms. The smallest absolute Gasteiger partial charge is 0.302 e. The topological polar surface area (TPSA) is 43.4 Å². The first kappa shape index (κ1) is 18.3. The Hall–Kier alpha value is -1.12.